The van der Waals surface area contributed by atoms with Gasteiger partial charge in [0.15, 0.2) is 5.65 Å². The van der Waals surface area contributed by atoms with Crippen LogP contribution in [0.3, 0.4) is 0 Å². The number of pyridine rings is 1. The van der Waals surface area contributed by atoms with Crippen molar-refractivity contribution in [2.75, 3.05) is 0 Å². The molecule has 16 heavy (non-hydrogen) atoms. The molecule has 0 spiro atoms. The Hall–Kier alpha value is -1.06. The molecule has 0 aliphatic rings. The molecule has 0 aliphatic carbocycles. The third kappa shape index (κ3) is 1.70. The molecular weight excluding hydrogens is 247 g/mol. The molecule has 2 aromatic heterocycles. The summed E-state index contributed by atoms with van der Waals surface area (Å²) in [6.45, 7) is 3.73. The minimum absolute atomic E-state index is 0.102. The van der Waals surface area contributed by atoms with Gasteiger partial charge in [-0.2, -0.15) is 0 Å². The van der Waals surface area contributed by atoms with Crippen molar-refractivity contribution in [3.05, 3.63) is 43.9 Å². The number of aryl methyl sites for hydroxylation is 1. The van der Waals surface area contributed by atoms with Crippen LogP contribution in [0, 0.1) is 6.92 Å². The van der Waals surface area contributed by atoms with Crippen molar-refractivity contribution in [1.82, 2.24) is 9.38 Å². The van der Waals surface area contributed by atoms with E-state index in [4.69, 9.17) is 23.2 Å². The molecule has 0 unspecified atom stereocenters. The molecule has 0 N–H and O–H groups in total. The fraction of sp³-hybridized carbons (Fsp3) is 0.273. The first-order valence-electron chi connectivity index (χ1n) is 4.91. The predicted octanol–water partition coefficient (Wildman–Crippen LogP) is 2.87. The lowest BCUT2D eigenvalue weighted by Gasteiger charge is -2.07. The summed E-state index contributed by atoms with van der Waals surface area (Å²) in [5, 5.41) is 0.808. The van der Waals surface area contributed by atoms with Crippen LogP contribution in [-0.4, -0.2) is 9.38 Å². The van der Waals surface area contributed by atoms with E-state index in [9.17, 15) is 4.79 Å². The highest BCUT2D eigenvalue weighted by atomic mass is 35.5. The Bertz CT molecular complexity index is 619. The van der Waals surface area contributed by atoms with Gasteiger partial charge in [-0.15, -0.1) is 0 Å². The molecule has 2 aromatic rings. The van der Waals surface area contributed by atoms with E-state index in [1.54, 1.807) is 6.07 Å². The number of aromatic nitrogens is 2. The lowest BCUT2D eigenvalue weighted by atomic mass is 10.2. The third-order valence-electron chi connectivity index (χ3n) is 2.50. The van der Waals surface area contributed by atoms with E-state index in [0.29, 0.717) is 27.7 Å². The van der Waals surface area contributed by atoms with Crippen LogP contribution in [-0.2, 0) is 6.42 Å². The van der Waals surface area contributed by atoms with Crippen LogP contribution >= 0.6 is 23.2 Å². The first-order valence-corrected chi connectivity index (χ1v) is 5.67. The van der Waals surface area contributed by atoms with E-state index in [1.807, 2.05) is 13.8 Å². The molecule has 0 saturated carbocycles. The normalized spacial score (nSPS) is 11.0. The van der Waals surface area contributed by atoms with Gasteiger partial charge in [0.25, 0.3) is 5.56 Å². The highest BCUT2D eigenvalue weighted by molar-refractivity contribution is 6.36. The Morgan fingerprint density at radius 3 is 2.75 bits per heavy atom. The Morgan fingerprint density at radius 2 is 2.12 bits per heavy atom. The first kappa shape index (κ1) is 11.4. The Balaban J connectivity index is 2.99. The molecule has 5 heteroatoms. The largest absolute Gasteiger partial charge is 0.269 e. The highest BCUT2D eigenvalue weighted by Gasteiger charge is 2.10. The van der Waals surface area contributed by atoms with Crippen molar-refractivity contribution >= 4 is 28.8 Å². The zero-order chi connectivity index (χ0) is 11.9. The topological polar surface area (TPSA) is 34.4 Å². The van der Waals surface area contributed by atoms with E-state index >= 15 is 0 Å². The molecule has 0 bridgehead atoms. The standard InChI is InChI=1S/C11H10Cl2N2O/c1-3-8-6(2)14-10-9(13)4-7(12)5-15(10)11(8)16/h4-5H,3H2,1-2H3. The Morgan fingerprint density at radius 1 is 1.44 bits per heavy atom. The summed E-state index contributed by atoms with van der Waals surface area (Å²) in [6, 6.07) is 1.58. The summed E-state index contributed by atoms with van der Waals surface area (Å²) in [5.41, 5.74) is 1.76. The maximum absolute atomic E-state index is 12.1. The van der Waals surface area contributed by atoms with Crippen LogP contribution in [0.15, 0.2) is 17.1 Å². The molecule has 0 amide bonds. The molecular formula is C11H10Cl2N2O. The first-order chi connectivity index (χ1) is 7.54. The molecule has 0 radical (unpaired) electrons. The maximum Gasteiger partial charge on any atom is 0.261 e. The second kappa shape index (κ2) is 4.07. The average molecular weight is 257 g/mol. The monoisotopic (exact) mass is 256 g/mol. The smallest absolute Gasteiger partial charge is 0.261 e. The molecule has 0 fully saturated rings. The number of fused-ring (bicyclic) bond motifs is 1. The van der Waals surface area contributed by atoms with Gasteiger partial charge < -0.3 is 0 Å². The maximum atomic E-state index is 12.1. The van der Waals surface area contributed by atoms with Crippen LogP contribution < -0.4 is 5.56 Å². The van der Waals surface area contributed by atoms with Gasteiger partial charge >= 0.3 is 0 Å². The quantitative estimate of drug-likeness (QED) is 0.787. The number of hydrogen-bond acceptors (Lipinski definition) is 2. The molecule has 0 aromatic carbocycles. The van der Waals surface area contributed by atoms with E-state index in [2.05, 4.69) is 4.98 Å². The van der Waals surface area contributed by atoms with Crippen LogP contribution in [0.2, 0.25) is 10.0 Å². The van der Waals surface area contributed by atoms with Crippen molar-refractivity contribution in [3.63, 3.8) is 0 Å². The van der Waals surface area contributed by atoms with Gasteiger partial charge in [-0.05, 0) is 19.4 Å². The SMILES string of the molecule is CCc1c(C)nc2c(Cl)cc(Cl)cn2c1=O. The van der Waals surface area contributed by atoms with Gasteiger partial charge in [-0.1, -0.05) is 30.1 Å². The zero-order valence-electron chi connectivity index (χ0n) is 8.92. The van der Waals surface area contributed by atoms with Crippen molar-refractivity contribution in [3.8, 4) is 0 Å². The minimum Gasteiger partial charge on any atom is -0.269 e. The third-order valence-corrected chi connectivity index (χ3v) is 2.98. The highest BCUT2D eigenvalue weighted by Crippen LogP contribution is 2.20. The van der Waals surface area contributed by atoms with Gasteiger partial charge in [0.2, 0.25) is 0 Å². The van der Waals surface area contributed by atoms with E-state index in [0.717, 1.165) is 5.69 Å². The van der Waals surface area contributed by atoms with Crippen LogP contribution in [0.5, 0.6) is 0 Å². The number of nitrogens with zero attached hydrogens (tertiary/aromatic N) is 2. The Labute approximate surface area is 103 Å². The number of rotatable bonds is 1. The van der Waals surface area contributed by atoms with Crippen LogP contribution in [0.25, 0.3) is 5.65 Å². The second-order valence-electron chi connectivity index (χ2n) is 3.53. The van der Waals surface area contributed by atoms with Gasteiger partial charge in [0, 0.05) is 17.5 Å². The summed E-state index contributed by atoms with van der Waals surface area (Å²) in [7, 11) is 0. The molecule has 2 rings (SSSR count). The predicted molar refractivity (Wildman–Crippen MR) is 65.6 cm³/mol. The van der Waals surface area contributed by atoms with Gasteiger partial charge in [0.1, 0.15) is 0 Å². The summed E-state index contributed by atoms with van der Waals surface area (Å²) in [5.74, 6) is 0. The number of halogens is 2. The fourth-order valence-electron chi connectivity index (χ4n) is 1.72. The summed E-state index contributed by atoms with van der Waals surface area (Å²) in [4.78, 5) is 16.4. The van der Waals surface area contributed by atoms with Gasteiger partial charge in [-0.3, -0.25) is 9.20 Å². The van der Waals surface area contributed by atoms with Gasteiger partial charge in [0.05, 0.1) is 10.0 Å². The summed E-state index contributed by atoms with van der Waals surface area (Å²) in [6.07, 6.45) is 2.18. The molecule has 0 saturated heterocycles. The summed E-state index contributed by atoms with van der Waals surface area (Å²) >= 11 is 11.9. The molecule has 0 atom stereocenters. The van der Waals surface area contributed by atoms with Crippen molar-refractivity contribution < 1.29 is 0 Å². The van der Waals surface area contributed by atoms with Gasteiger partial charge in [-0.25, -0.2) is 4.98 Å². The molecule has 84 valence electrons. The van der Waals surface area contributed by atoms with Crippen molar-refractivity contribution in [2.45, 2.75) is 20.3 Å². The zero-order valence-corrected chi connectivity index (χ0v) is 10.4. The lowest BCUT2D eigenvalue weighted by Crippen LogP contribution is -2.21. The molecule has 3 nitrogen and oxygen atoms in total. The Kier molecular flexibility index (Phi) is 2.91. The average Bonchev–Trinajstić information content (AvgIpc) is 2.21. The fourth-order valence-corrected chi connectivity index (χ4v) is 2.23. The molecule has 0 aliphatic heterocycles. The van der Waals surface area contributed by atoms with E-state index in [-0.39, 0.29) is 5.56 Å². The van der Waals surface area contributed by atoms with E-state index < -0.39 is 0 Å². The van der Waals surface area contributed by atoms with Crippen molar-refractivity contribution in [1.29, 1.82) is 0 Å². The van der Waals surface area contributed by atoms with Crippen molar-refractivity contribution in [2.24, 2.45) is 0 Å². The van der Waals surface area contributed by atoms with Crippen LogP contribution in [0.1, 0.15) is 18.2 Å². The second-order valence-corrected chi connectivity index (χ2v) is 4.38. The van der Waals surface area contributed by atoms with E-state index in [1.165, 1.54) is 10.6 Å². The molecule has 2 heterocycles. The van der Waals surface area contributed by atoms with Crippen LogP contribution in [0.4, 0.5) is 0 Å². The lowest BCUT2D eigenvalue weighted by molar-refractivity contribution is 0.937. The summed E-state index contributed by atoms with van der Waals surface area (Å²) < 4.78 is 1.40. The minimum atomic E-state index is -0.102. The number of hydrogen-bond donors (Lipinski definition) is 0.